The highest BCUT2D eigenvalue weighted by Crippen LogP contribution is 2.34. The summed E-state index contributed by atoms with van der Waals surface area (Å²) in [7, 11) is 0. The molecule has 6 nitrogen and oxygen atoms in total. The smallest absolute Gasteiger partial charge is 0.328 e. The van der Waals surface area contributed by atoms with E-state index in [9.17, 15) is 9.90 Å². The monoisotopic (exact) mass is 288 g/mol. The number of carboxylic acids is 1. The summed E-state index contributed by atoms with van der Waals surface area (Å²) in [5, 5.41) is 16.5. The van der Waals surface area contributed by atoms with Gasteiger partial charge in [-0.05, 0) is 48.9 Å². The van der Waals surface area contributed by atoms with Crippen molar-refractivity contribution in [3.05, 3.63) is 45.8 Å². The Kier molecular flexibility index (Phi) is 5.20. The predicted molar refractivity (Wildman–Crippen MR) is 79.9 cm³/mol. The van der Waals surface area contributed by atoms with Gasteiger partial charge in [-0.25, -0.2) is 4.79 Å². The molecule has 0 heterocycles. The number of benzene rings is 1. The van der Waals surface area contributed by atoms with Gasteiger partial charge in [0.2, 0.25) is 0 Å². The minimum Gasteiger partial charge on any atom is -0.480 e. The van der Waals surface area contributed by atoms with E-state index in [2.05, 4.69) is 15.3 Å². The third-order valence-corrected chi connectivity index (χ3v) is 4.02. The molecule has 1 aromatic rings. The second-order valence-corrected chi connectivity index (χ2v) is 5.31. The van der Waals surface area contributed by atoms with Crippen LogP contribution in [0.2, 0.25) is 0 Å². The zero-order valence-corrected chi connectivity index (χ0v) is 12.0. The highest BCUT2D eigenvalue weighted by atomic mass is 16.4. The zero-order valence-electron chi connectivity index (χ0n) is 12.0. The summed E-state index contributed by atoms with van der Waals surface area (Å²) in [4.78, 5) is 14.7. The van der Waals surface area contributed by atoms with Crippen molar-refractivity contribution >= 4 is 5.97 Å². The van der Waals surface area contributed by atoms with Gasteiger partial charge in [0.05, 0.1) is 0 Å². The Balaban J connectivity index is 2.24. The van der Waals surface area contributed by atoms with Gasteiger partial charge in [0, 0.05) is 11.5 Å². The number of hydrogen-bond acceptors (Lipinski definition) is 3. The van der Waals surface area contributed by atoms with Crippen LogP contribution in [0.15, 0.2) is 29.4 Å². The van der Waals surface area contributed by atoms with E-state index in [1.807, 2.05) is 24.3 Å². The fraction of sp³-hybridized carbons (Fsp3) is 0.533. The van der Waals surface area contributed by atoms with Crippen molar-refractivity contribution in [3.63, 3.8) is 0 Å². The summed E-state index contributed by atoms with van der Waals surface area (Å²) in [5.74, 6) is -0.833. The van der Waals surface area contributed by atoms with Crippen molar-refractivity contribution in [1.82, 2.24) is 5.32 Å². The maximum absolute atomic E-state index is 12.0. The Morgan fingerprint density at radius 2 is 2.24 bits per heavy atom. The molecule has 0 aromatic heterocycles. The lowest BCUT2D eigenvalue weighted by Gasteiger charge is -2.31. The molecule has 0 spiro atoms. The molecule has 112 valence electrons. The molecule has 6 heteroatoms. The zero-order chi connectivity index (χ0) is 15.1. The maximum Gasteiger partial charge on any atom is 0.328 e. The molecule has 1 atom stereocenters. The minimum atomic E-state index is -1.02. The van der Waals surface area contributed by atoms with Crippen LogP contribution in [0, 0.1) is 0 Å². The number of nitrogens with zero attached hydrogens (tertiary/aromatic N) is 3. The summed E-state index contributed by atoms with van der Waals surface area (Å²) in [6.45, 7) is 0.889. The van der Waals surface area contributed by atoms with Crippen molar-refractivity contribution in [2.24, 2.45) is 5.11 Å². The summed E-state index contributed by atoms with van der Waals surface area (Å²) in [5.41, 5.74) is 9.22. The molecule has 1 aliphatic carbocycles. The first-order chi connectivity index (χ1) is 10.2. The first-order valence-corrected chi connectivity index (χ1v) is 7.28. The van der Waals surface area contributed by atoms with Gasteiger partial charge >= 0.3 is 5.97 Å². The number of aliphatic carboxylic acids is 1. The number of carboxylic acid groups (broad SMARTS) is 1. The maximum atomic E-state index is 12.0. The number of nitrogens with one attached hydrogen (secondary N) is 1. The third kappa shape index (κ3) is 3.35. The molecule has 0 bridgehead atoms. The Morgan fingerprint density at radius 3 is 3.00 bits per heavy atom. The summed E-state index contributed by atoms with van der Waals surface area (Å²) in [6, 6.07) is 7.77. The molecule has 0 fully saturated rings. The Hall–Kier alpha value is -2.04. The Morgan fingerprint density at radius 1 is 1.43 bits per heavy atom. The van der Waals surface area contributed by atoms with Crippen LogP contribution in [-0.2, 0) is 16.8 Å². The molecule has 21 heavy (non-hydrogen) atoms. The van der Waals surface area contributed by atoms with E-state index in [0.717, 1.165) is 30.4 Å². The first-order valence-electron chi connectivity index (χ1n) is 7.28. The van der Waals surface area contributed by atoms with Gasteiger partial charge in [0.15, 0.2) is 0 Å². The molecule has 1 aliphatic rings. The molecule has 0 amide bonds. The van der Waals surface area contributed by atoms with Crippen LogP contribution in [0.3, 0.4) is 0 Å². The quantitative estimate of drug-likeness (QED) is 0.277. The van der Waals surface area contributed by atoms with Gasteiger partial charge in [0.25, 0.3) is 0 Å². The largest absolute Gasteiger partial charge is 0.480 e. The topological polar surface area (TPSA) is 98.1 Å². The van der Waals surface area contributed by atoms with E-state index < -0.39 is 11.5 Å². The molecule has 0 aliphatic heterocycles. The average Bonchev–Trinajstić information content (AvgIpc) is 2.68. The van der Waals surface area contributed by atoms with Crippen molar-refractivity contribution in [2.45, 2.75) is 37.6 Å². The molecular formula is C15H20N4O2. The Labute approximate surface area is 123 Å². The van der Waals surface area contributed by atoms with Crippen molar-refractivity contribution < 1.29 is 9.90 Å². The predicted octanol–water partition coefficient (Wildman–Crippen LogP) is 2.98. The van der Waals surface area contributed by atoms with E-state index in [-0.39, 0.29) is 0 Å². The second kappa shape index (κ2) is 7.11. The molecule has 0 radical (unpaired) electrons. The van der Waals surface area contributed by atoms with Crippen LogP contribution in [0.4, 0.5) is 0 Å². The van der Waals surface area contributed by atoms with Gasteiger partial charge in [-0.3, -0.25) is 5.32 Å². The van der Waals surface area contributed by atoms with E-state index in [4.69, 9.17) is 5.53 Å². The fourth-order valence-corrected chi connectivity index (χ4v) is 2.97. The summed E-state index contributed by atoms with van der Waals surface area (Å²) >= 11 is 0. The minimum absolute atomic E-state index is 0.376. The summed E-state index contributed by atoms with van der Waals surface area (Å²) in [6.07, 6.45) is 4.02. The van der Waals surface area contributed by atoms with Gasteiger partial charge < -0.3 is 5.11 Å². The number of carbonyl (C=O) groups is 1. The van der Waals surface area contributed by atoms with Gasteiger partial charge in [-0.2, -0.15) is 0 Å². The van der Waals surface area contributed by atoms with E-state index in [1.165, 1.54) is 0 Å². The van der Waals surface area contributed by atoms with Crippen LogP contribution in [-0.4, -0.2) is 24.2 Å². The normalized spacial score (nSPS) is 21.0. The number of azide groups is 1. The third-order valence-electron chi connectivity index (χ3n) is 4.02. The summed E-state index contributed by atoms with van der Waals surface area (Å²) < 4.78 is 0. The molecular weight excluding hydrogens is 268 g/mol. The van der Waals surface area contributed by atoms with Crippen LogP contribution in [0.5, 0.6) is 0 Å². The number of rotatable bonds is 6. The van der Waals surface area contributed by atoms with Crippen LogP contribution in [0.1, 0.15) is 36.8 Å². The van der Waals surface area contributed by atoms with Crippen molar-refractivity contribution in [1.29, 1.82) is 0 Å². The lowest BCUT2D eigenvalue weighted by molar-refractivity contribution is -0.145. The molecule has 0 saturated carbocycles. The van der Waals surface area contributed by atoms with E-state index in [1.54, 1.807) is 0 Å². The standard InChI is InChI=1S/C15H20N4O2/c16-19-18-11-5-10-17-15(14(20)21)9-4-3-7-12-6-1-2-8-13(12)15/h1-2,6,8,17H,3-5,7,9-11H2,(H,20,21). The molecule has 0 saturated heterocycles. The molecule has 1 unspecified atom stereocenters. The van der Waals surface area contributed by atoms with Gasteiger partial charge in [-0.15, -0.1) is 0 Å². The van der Waals surface area contributed by atoms with Gasteiger partial charge in [-0.1, -0.05) is 35.8 Å². The second-order valence-electron chi connectivity index (χ2n) is 5.31. The first kappa shape index (κ1) is 15.4. The molecule has 1 aromatic carbocycles. The van der Waals surface area contributed by atoms with E-state index in [0.29, 0.717) is 25.9 Å². The van der Waals surface area contributed by atoms with Crippen LogP contribution in [0.25, 0.3) is 10.4 Å². The lowest BCUT2D eigenvalue weighted by Crippen LogP contribution is -2.49. The Bertz CT molecular complexity index is 554. The van der Waals surface area contributed by atoms with Crippen LogP contribution >= 0.6 is 0 Å². The fourth-order valence-electron chi connectivity index (χ4n) is 2.97. The number of hydrogen-bond donors (Lipinski definition) is 2. The SMILES string of the molecule is [N-]=[N+]=NCCCNC1(C(=O)O)CCCCc2ccccc21. The van der Waals surface area contributed by atoms with Gasteiger partial charge in [0.1, 0.15) is 5.54 Å². The average molecular weight is 288 g/mol. The molecule has 2 N–H and O–H groups in total. The number of fused-ring (bicyclic) bond motifs is 1. The van der Waals surface area contributed by atoms with Crippen molar-refractivity contribution in [2.75, 3.05) is 13.1 Å². The van der Waals surface area contributed by atoms with Crippen LogP contribution < -0.4 is 5.32 Å². The highest BCUT2D eigenvalue weighted by molar-refractivity contribution is 5.81. The molecule has 2 rings (SSSR count). The van der Waals surface area contributed by atoms with E-state index >= 15 is 0 Å². The highest BCUT2D eigenvalue weighted by Gasteiger charge is 2.41. The number of aryl methyl sites for hydroxylation is 1. The lowest BCUT2D eigenvalue weighted by atomic mass is 9.84. The van der Waals surface area contributed by atoms with Crippen molar-refractivity contribution in [3.8, 4) is 0 Å².